The molecule has 2 aromatic rings. The molecule has 0 saturated carbocycles. The molecule has 2 heterocycles. The summed E-state index contributed by atoms with van der Waals surface area (Å²) in [6, 6.07) is 3.02. The summed E-state index contributed by atoms with van der Waals surface area (Å²) in [5.74, 6) is -2.32. The molecule has 3 atom stereocenters. The Hall–Kier alpha value is -3.90. The van der Waals surface area contributed by atoms with Crippen LogP contribution in [0.2, 0.25) is 0 Å². The maximum absolute atomic E-state index is 12.4. The van der Waals surface area contributed by atoms with Crippen LogP contribution in [0.3, 0.4) is 0 Å². The van der Waals surface area contributed by atoms with Crippen molar-refractivity contribution in [1.29, 1.82) is 5.41 Å². The average molecular weight is 515 g/mol. The largest absolute Gasteiger partial charge is 0.480 e. The molecule has 0 aliphatic carbocycles. The van der Waals surface area contributed by atoms with Gasteiger partial charge in [-0.25, -0.2) is 4.79 Å². The van der Waals surface area contributed by atoms with Gasteiger partial charge < -0.3 is 41.6 Å². The minimum atomic E-state index is -1.61. The first-order valence-electron chi connectivity index (χ1n) is 12.0. The third-order valence-electron chi connectivity index (χ3n) is 6.40. The number of hydrogen-bond donors (Lipinski definition) is 7. The van der Waals surface area contributed by atoms with Crippen LogP contribution in [-0.4, -0.2) is 70.6 Å². The molecule has 200 valence electrons. The number of fused-ring (bicyclic) bond motifs is 1. The van der Waals surface area contributed by atoms with Crippen LogP contribution in [0, 0.1) is 19.3 Å². The Labute approximate surface area is 214 Å². The Morgan fingerprint density at radius 1 is 1.27 bits per heavy atom. The van der Waals surface area contributed by atoms with Gasteiger partial charge in [0.25, 0.3) is 0 Å². The van der Waals surface area contributed by atoms with Gasteiger partial charge in [-0.1, -0.05) is 23.8 Å². The first-order valence-corrected chi connectivity index (χ1v) is 12.0. The number of carbonyl (C=O) groups is 3. The molecule has 3 rings (SSSR count). The summed E-state index contributed by atoms with van der Waals surface area (Å²) in [6.45, 7) is 4.75. The van der Waals surface area contributed by atoms with Crippen molar-refractivity contribution in [3.8, 4) is 0 Å². The molecule has 9 N–H and O–H groups in total. The lowest BCUT2D eigenvalue weighted by Crippen LogP contribution is -2.45. The van der Waals surface area contributed by atoms with Gasteiger partial charge >= 0.3 is 5.97 Å². The van der Waals surface area contributed by atoms with E-state index >= 15 is 0 Å². The Bertz CT molecular complexity index is 1220. The fourth-order valence-electron chi connectivity index (χ4n) is 4.39. The van der Waals surface area contributed by atoms with E-state index in [1.165, 1.54) is 0 Å². The number of carboxylic acid groups (broad SMARTS) is 1. The van der Waals surface area contributed by atoms with E-state index in [-0.39, 0.29) is 37.0 Å². The second-order valence-electron chi connectivity index (χ2n) is 9.20. The highest BCUT2D eigenvalue weighted by molar-refractivity contribution is 5.87. The van der Waals surface area contributed by atoms with E-state index in [1.54, 1.807) is 24.0 Å². The molecule has 0 fully saturated rings. The summed E-state index contributed by atoms with van der Waals surface area (Å²) in [5, 5.41) is 33.6. The Kier molecular flexibility index (Phi) is 8.90. The van der Waals surface area contributed by atoms with E-state index in [9.17, 15) is 24.6 Å². The highest BCUT2D eigenvalue weighted by Crippen LogP contribution is 2.33. The minimum Gasteiger partial charge on any atom is -0.480 e. The van der Waals surface area contributed by atoms with Crippen LogP contribution < -0.4 is 22.1 Å². The fourth-order valence-corrected chi connectivity index (χ4v) is 4.39. The maximum Gasteiger partial charge on any atom is 0.329 e. The van der Waals surface area contributed by atoms with E-state index in [1.807, 2.05) is 19.1 Å². The Morgan fingerprint density at radius 3 is 2.62 bits per heavy atom. The molecule has 2 amide bonds. The lowest BCUT2D eigenvalue weighted by atomic mass is 10.0. The number of amides is 2. The normalized spacial score (nSPS) is 15.7. The number of aryl methyl sites for hydroxylation is 2. The molecule has 1 aromatic carbocycles. The summed E-state index contributed by atoms with van der Waals surface area (Å²) in [4.78, 5) is 38.1. The molecule has 0 bridgehead atoms. The summed E-state index contributed by atoms with van der Waals surface area (Å²) >= 11 is 0. The van der Waals surface area contributed by atoms with Crippen LogP contribution in [0.1, 0.15) is 42.3 Å². The van der Waals surface area contributed by atoms with Gasteiger partial charge in [0.05, 0.1) is 6.04 Å². The number of aliphatic hydroxyl groups excluding tert-OH is 1. The van der Waals surface area contributed by atoms with Crippen LogP contribution >= 0.6 is 0 Å². The van der Waals surface area contributed by atoms with Gasteiger partial charge in [-0.05, 0) is 38.3 Å². The van der Waals surface area contributed by atoms with E-state index < -0.39 is 30.1 Å². The number of aliphatic carboxylic acids is 1. The average Bonchev–Trinajstić information content (AvgIpc) is 3.44. The molecule has 12 heteroatoms. The van der Waals surface area contributed by atoms with Crippen molar-refractivity contribution in [3.63, 3.8) is 0 Å². The number of rotatable bonds is 11. The van der Waals surface area contributed by atoms with Crippen molar-refractivity contribution in [3.05, 3.63) is 46.7 Å². The third-order valence-corrected chi connectivity index (χ3v) is 6.40. The number of guanidine groups is 1. The standard InChI is InChI=1S/C25H34N6O6/c1-13-5-3-6-17-19(13)14(2)22(37-17)21(33)20(24(35)36)30-18(32)7-4-9-29-23(34)16(26)11-15-8-10-31(12-15)25(27)28/h3,5-6,8,16,20-21,33H,4,7,9-12,26H2,1-2H3,(H3,27,28)(H,29,34)(H,30,32)(H,35,36). The zero-order valence-corrected chi connectivity index (χ0v) is 20.9. The second-order valence-corrected chi connectivity index (χ2v) is 9.20. The van der Waals surface area contributed by atoms with E-state index in [0.29, 0.717) is 30.7 Å². The Balaban J connectivity index is 1.47. The van der Waals surface area contributed by atoms with Gasteiger partial charge in [0.1, 0.15) is 17.4 Å². The zero-order valence-electron chi connectivity index (χ0n) is 20.9. The van der Waals surface area contributed by atoms with Crippen LogP contribution in [0.15, 0.2) is 34.3 Å². The number of nitrogens with one attached hydrogen (secondary N) is 3. The zero-order chi connectivity index (χ0) is 27.3. The van der Waals surface area contributed by atoms with Crippen molar-refractivity contribution < 1.29 is 29.0 Å². The van der Waals surface area contributed by atoms with Gasteiger partial charge in [0.2, 0.25) is 11.8 Å². The highest BCUT2D eigenvalue weighted by Gasteiger charge is 2.33. The molecule has 1 aliphatic rings. The van der Waals surface area contributed by atoms with Crippen molar-refractivity contribution in [2.75, 3.05) is 19.6 Å². The SMILES string of the molecule is Cc1cccc2oc(C(O)C(NC(=O)CCCNC(=O)C(N)CC3=CCN(C(=N)N)C3)C(=O)O)c(C)c12. The summed E-state index contributed by atoms with van der Waals surface area (Å²) in [7, 11) is 0. The fraction of sp³-hybridized carbons (Fsp3) is 0.440. The van der Waals surface area contributed by atoms with Gasteiger partial charge in [-0.2, -0.15) is 0 Å². The molecular formula is C25H34N6O6. The molecule has 0 saturated heterocycles. The van der Waals surface area contributed by atoms with Crippen molar-refractivity contribution in [1.82, 2.24) is 15.5 Å². The summed E-state index contributed by atoms with van der Waals surface area (Å²) in [6.07, 6.45) is 0.809. The van der Waals surface area contributed by atoms with E-state index in [2.05, 4.69) is 10.6 Å². The molecule has 3 unspecified atom stereocenters. The lowest BCUT2D eigenvalue weighted by molar-refractivity contribution is -0.145. The van der Waals surface area contributed by atoms with Crippen molar-refractivity contribution in [2.45, 2.75) is 51.3 Å². The monoisotopic (exact) mass is 514 g/mol. The Morgan fingerprint density at radius 2 is 2.00 bits per heavy atom. The van der Waals surface area contributed by atoms with Crippen LogP contribution in [-0.2, 0) is 14.4 Å². The predicted octanol–water partition coefficient (Wildman–Crippen LogP) is 0.402. The molecule has 1 aliphatic heterocycles. The molecule has 1 aromatic heterocycles. The maximum atomic E-state index is 12.4. The highest BCUT2D eigenvalue weighted by atomic mass is 16.4. The van der Waals surface area contributed by atoms with Gasteiger partial charge in [0, 0.05) is 37.0 Å². The molecular weight excluding hydrogens is 480 g/mol. The summed E-state index contributed by atoms with van der Waals surface area (Å²) in [5.41, 5.74) is 14.4. The number of nitrogens with two attached hydrogens (primary N) is 2. The van der Waals surface area contributed by atoms with Gasteiger partial charge in [0.15, 0.2) is 12.0 Å². The van der Waals surface area contributed by atoms with E-state index in [4.69, 9.17) is 21.3 Å². The molecule has 37 heavy (non-hydrogen) atoms. The molecule has 0 spiro atoms. The van der Waals surface area contributed by atoms with Gasteiger partial charge in [-0.3, -0.25) is 15.0 Å². The number of carboxylic acids is 1. The molecule has 12 nitrogen and oxygen atoms in total. The number of carbonyl (C=O) groups excluding carboxylic acids is 2. The third kappa shape index (κ3) is 6.66. The first kappa shape index (κ1) is 27.7. The first-order chi connectivity index (χ1) is 17.5. The number of benzene rings is 1. The topological polar surface area (TPSA) is 208 Å². The van der Waals surface area contributed by atoms with Crippen LogP contribution in [0.5, 0.6) is 0 Å². The molecule has 0 radical (unpaired) electrons. The van der Waals surface area contributed by atoms with Gasteiger partial charge in [-0.15, -0.1) is 0 Å². The quantitative estimate of drug-likeness (QED) is 0.0956. The summed E-state index contributed by atoms with van der Waals surface area (Å²) < 4.78 is 5.72. The number of aliphatic hydroxyl groups is 1. The van der Waals surface area contributed by atoms with Crippen LogP contribution in [0.25, 0.3) is 11.0 Å². The second kappa shape index (κ2) is 11.9. The number of nitrogens with zero attached hydrogens (tertiary/aromatic N) is 1. The smallest absolute Gasteiger partial charge is 0.329 e. The predicted molar refractivity (Wildman–Crippen MR) is 137 cm³/mol. The van der Waals surface area contributed by atoms with Crippen LogP contribution in [0.4, 0.5) is 0 Å². The number of furan rings is 1. The number of hydrogen-bond acceptors (Lipinski definition) is 7. The lowest BCUT2D eigenvalue weighted by Gasteiger charge is -2.20. The van der Waals surface area contributed by atoms with E-state index in [0.717, 1.165) is 16.5 Å². The van der Waals surface area contributed by atoms with Crippen molar-refractivity contribution >= 4 is 34.7 Å². The minimum absolute atomic E-state index is 0.0389. The van der Waals surface area contributed by atoms with Crippen molar-refractivity contribution in [2.24, 2.45) is 11.5 Å².